The molecule has 1 aromatic heterocycles. The number of urea groups is 1. The SMILES string of the molecule is O=C(Nc1ccccc1C1CC1)N1CCC(c2ccncc2)CC1. The molecule has 1 saturated carbocycles. The summed E-state index contributed by atoms with van der Waals surface area (Å²) in [5, 5.41) is 3.13. The molecule has 24 heavy (non-hydrogen) atoms. The van der Waals surface area contributed by atoms with E-state index in [1.807, 2.05) is 29.4 Å². The number of rotatable bonds is 3. The largest absolute Gasteiger partial charge is 0.324 e. The highest BCUT2D eigenvalue weighted by Crippen LogP contribution is 2.43. The molecule has 2 heterocycles. The van der Waals surface area contributed by atoms with Gasteiger partial charge in [-0.15, -0.1) is 0 Å². The van der Waals surface area contributed by atoms with Crippen molar-refractivity contribution in [2.75, 3.05) is 18.4 Å². The summed E-state index contributed by atoms with van der Waals surface area (Å²) in [7, 11) is 0. The summed E-state index contributed by atoms with van der Waals surface area (Å²) >= 11 is 0. The van der Waals surface area contributed by atoms with E-state index in [1.54, 1.807) is 0 Å². The van der Waals surface area contributed by atoms with Crippen molar-refractivity contribution in [1.82, 2.24) is 9.88 Å². The van der Waals surface area contributed by atoms with Crippen molar-refractivity contribution in [3.05, 3.63) is 59.9 Å². The Morgan fingerprint density at radius 1 is 0.958 bits per heavy atom. The van der Waals surface area contributed by atoms with Gasteiger partial charge < -0.3 is 10.2 Å². The number of likely N-dealkylation sites (tertiary alicyclic amines) is 1. The Hall–Kier alpha value is -2.36. The maximum absolute atomic E-state index is 12.6. The predicted octanol–water partition coefficient (Wildman–Crippen LogP) is 4.37. The minimum atomic E-state index is 0.0382. The summed E-state index contributed by atoms with van der Waals surface area (Å²) in [6.45, 7) is 1.62. The van der Waals surface area contributed by atoms with Crippen LogP contribution in [0.2, 0.25) is 0 Å². The van der Waals surface area contributed by atoms with Gasteiger partial charge in [0.15, 0.2) is 0 Å². The standard InChI is InChI=1S/C20H23N3O/c24-20(22-19-4-2-1-3-18(19)17-5-6-17)23-13-9-16(10-14-23)15-7-11-21-12-8-15/h1-4,7-8,11-12,16-17H,5-6,9-10,13-14H2,(H,22,24). The molecule has 4 nitrogen and oxygen atoms in total. The number of pyridine rings is 1. The minimum absolute atomic E-state index is 0.0382. The third kappa shape index (κ3) is 3.28. The van der Waals surface area contributed by atoms with Gasteiger partial charge in [0.25, 0.3) is 0 Å². The molecule has 0 bridgehead atoms. The molecule has 0 radical (unpaired) electrons. The summed E-state index contributed by atoms with van der Waals surface area (Å²) in [5.74, 6) is 1.18. The molecule has 0 spiro atoms. The number of anilines is 1. The molecule has 1 aliphatic carbocycles. The predicted molar refractivity (Wildman–Crippen MR) is 95.2 cm³/mol. The summed E-state index contributed by atoms with van der Waals surface area (Å²) in [5.41, 5.74) is 3.61. The van der Waals surface area contributed by atoms with E-state index in [9.17, 15) is 4.79 Å². The fraction of sp³-hybridized carbons (Fsp3) is 0.400. The van der Waals surface area contributed by atoms with Crippen LogP contribution in [0.4, 0.5) is 10.5 Å². The Morgan fingerprint density at radius 2 is 1.67 bits per heavy atom. The molecule has 124 valence electrons. The molecule has 0 unspecified atom stereocenters. The number of hydrogen-bond acceptors (Lipinski definition) is 2. The number of piperidine rings is 1. The third-order valence-electron chi connectivity index (χ3n) is 5.18. The van der Waals surface area contributed by atoms with Crippen LogP contribution in [-0.4, -0.2) is 29.0 Å². The van der Waals surface area contributed by atoms with Gasteiger partial charge in [-0.25, -0.2) is 4.79 Å². The second kappa shape index (κ2) is 6.63. The van der Waals surface area contributed by atoms with Gasteiger partial charge in [-0.05, 0) is 66.8 Å². The molecular weight excluding hydrogens is 298 g/mol. The second-order valence-electron chi connectivity index (χ2n) is 6.83. The topological polar surface area (TPSA) is 45.2 Å². The monoisotopic (exact) mass is 321 g/mol. The number of para-hydroxylation sites is 1. The lowest BCUT2D eigenvalue weighted by Gasteiger charge is -2.32. The van der Waals surface area contributed by atoms with Crippen LogP contribution in [0.15, 0.2) is 48.8 Å². The Labute approximate surface area is 142 Å². The van der Waals surface area contributed by atoms with Crippen molar-refractivity contribution >= 4 is 11.7 Å². The number of hydrogen-bond donors (Lipinski definition) is 1. The van der Waals surface area contributed by atoms with Crippen LogP contribution in [-0.2, 0) is 0 Å². The lowest BCUT2D eigenvalue weighted by molar-refractivity contribution is 0.194. The Bertz CT molecular complexity index is 704. The van der Waals surface area contributed by atoms with Crippen molar-refractivity contribution in [2.24, 2.45) is 0 Å². The van der Waals surface area contributed by atoms with Gasteiger partial charge in [0.1, 0.15) is 0 Å². The van der Waals surface area contributed by atoms with E-state index < -0.39 is 0 Å². The van der Waals surface area contributed by atoms with E-state index in [-0.39, 0.29) is 6.03 Å². The van der Waals surface area contributed by atoms with Crippen molar-refractivity contribution in [2.45, 2.75) is 37.5 Å². The van der Waals surface area contributed by atoms with Crippen LogP contribution in [0.5, 0.6) is 0 Å². The summed E-state index contributed by atoms with van der Waals surface area (Å²) in [6.07, 6.45) is 8.21. The first-order chi connectivity index (χ1) is 11.8. The number of aromatic nitrogens is 1. The van der Waals surface area contributed by atoms with Crippen LogP contribution in [0, 0.1) is 0 Å². The first-order valence-corrected chi connectivity index (χ1v) is 8.86. The zero-order chi connectivity index (χ0) is 16.4. The van der Waals surface area contributed by atoms with E-state index in [0.29, 0.717) is 11.8 Å². The van der Waals surface area contributed by atoms with E-state index in [2.05, 4.69) is 34.6 Å². The number of nitrogens with one attached hydrogen (secondary N) is 1. The van der Waals surface area contributed by atoms with Crippen LogP contribution in [0.1, 0.15) is 48.6 Å². The van der Waals surface area contributed by atoms with Crippen molar-refractivity contribution in [3.8, 4) is 0 Å². The second-order valence-corrected chi connectivity index (χ2v) is 6.83. The molecule has 2 amide bonds. The fourth-order valence-corrected chi connectivity index (χ4v) is 3.61. The molecule has 1 saturated heterocycles. The van der Waals surface area contributed by atoms with Gasteiger partial charge in [-0.3, -0.25) is 4.98 Å². The smallest absolute Gasteiger partial charge is 0.321 e. The molecule has 2 fully saturated rings. The van der Waals surface area contributed by atoms with E-state index in [0.717, 1.165) is 31.6 Å². The Morgan fingerprint density at radius 3 is 2.38 bits per heavy atom. The Balaban J connectivity index is 1.37. The number of nitrogens with zero attached hydrogens (tertiary/aromatic N) is 2. The first kappa shape index (κ1) is 15.2. The maximum atomic E-state index is 12.6. The molecule has 2 aliphatic rings. The summed E-state index contributed by atoms with van der Waals surface area (Å²) in [4.78, 5) is 18.6. The quantitative estimate of drug-likeness (QED) is 0.912. The molecular formula is C20H23N3O. The average Bonchev–Trinajstić information content (AvgIpc) is 3.48. The first-order valence-electron chi connectivity index (χ1n) is 8.86. The van der Waals surface area contributed by atoms with E-state index in [4.69, 9.17) is 0 Å². The van der Waals surface area contributed by atoms with Crippen LogP contribution in [0.25, 0.3) is 0 Å². The maximum Gasteiger partial charge on any atom is 0.321 e. The van der Waals surface area contributed by atoms with Gasteiger partial charge in [0.2, 0.25) is 0 Å². The number of benzene rings is 1. The van der Waals surface area contributed by atoms with Crippen molar-refractivity contribution in [1.29, 1.82) is 0 Å². The Kier molecular flexibility index (Phi) is 4.20. The highest BCUT2D eigenvalue weighted by atomic mass is 16.2. The molecule has 2 aromatic rings. The zero-order valence-corrected chi connectivity index (χ0v) is 13.8. The number of amides is 2. The lowest BCUT2D eigenvalue weighted by atomic mass is 9.90. The highest BCUT2D eigenvalue weighted by Gasteiger charge is 2.28. The van der Waals surface area contributed by atoms with Gasteiger partial charge in [-0.1, -0.05) is 18.2 Å². The normalized spacial score (nSPS) is 18.4. The third-order valence-corrected chi connectivity index (χ3v) is 5.18. The summed E-state index contributed by atoms with van der Waals surface area (Å²) in [6, 6.07) is 12.4. The number of carbonyl (C=O) groups excluding carboxylic acids is 1. The average molecular weight is 321 g/mol. The van der Waals surface area contributed by atoms with E-state index >= 15 is 0 Å². The summed E-state index contributed by atoms with van der Waals surface area (Å²) < 4.78 is 0. The van der Waals surface area contributed by atoms with Crippen LogP contribution >= 0.6 is 0 Å². The van der Waals surface area contributed by atoms with Gasteiger partial charge >= 0.3 is 6.03 Å². The van der Waals surface area contributed by atoms with E-state index in [1.165, 1.54) is 24.0 Å². The molecule has 1 aliphatic heterocycles. The van der Waals surface area contributed by atoms with Gasteiger partial charge in [-0.2, -0.15) is 0 Å². The molecule has 1 aromatic carbocycles. The van der Waals surface area contributed by atoms with Crippen LogP contribution < -0.4 is 5.32 Å². The fourth-order valence-electron chi connectivity index (χ4n) is 3.61. The van der Waals surface area contributed by atoms with Crippen molar-refractivity contribution < 1.29 is 4.79 Å². The minimum Gasteiger partial charge on any atom is -0.324 e. The molecule has 1 N–H and O–H groups in total. The van der Waals surface area contributed by atoms with Crippen LogP contribution in [0.3, 0.4) is 0 Å². The zero-order valence-electron chi connectivity index (χ0n) is 13.8. The van der Waals surface area contributed by atoms with Gasteiger partial charge in [0, 0.05) is 31.2 Å². The molecule has 0 atom stereocenters. The lowest BCUT2D eigenvalue weighted by Crippen LogP contribution is -2.40. The van der Waals surface area contributed by atoms with Gasteiger partial charge in [0.05, 0.1) is 0 Å². The molecule has 4 rings (SSSR count). The number of carbonyl (C=O) groups is 1. The van der Waals surface area contributed by atoms with Crippen molar-refractivity contribution in [3.63, 3.8) is 0 Å². The highest BCUT2D eigenvalue weighted by molar-refractivity contribution is 5.90. The molecule has 4 heteroatoms.